The lowest BCUT2D eigenvalue weighted by Gasteiger charge is -2.30. The summed E-state index contributed by atoms with van der Waals surface area (Å²) in [6.07, 6.45) is 1.97. The summed E-state index contributed by atoms with van der Waals surface area (Å²) in [5.41, 5.74) is 0.743. The van der Waals surface area contributed by atoms with Gasteiger partial charge in [0.25, 0.3) is 5.91 Å². The summed E-state index contributed by atoms with van der Waals surface area (Å²) in [5.74, 6) is -0.711. The SMILES string of the molecule is Cc1cc(=O)oc(C)c1C(=O)OC(C(=O)N1CCCCC1)c1ccccc1. The molecule has 6 heteroatoms. The van der Waals surface area contributed by atoms with E-state index in [9.17, 15) is 14.4 Å². The van der Waals surface area contributed by atoms with Crippen molar-refractivity contribution in [3.63, 3.8) is 0 Å². The standard InChI is InChI=1S/C21H23NO5/c1-14-13-17(23)26-15(2)18(14)21(25)27-19(16-9-5-3-6-10-16)20(24)22-11-7-4-8-12-22/h3,5-6,9-10,13,19H,4,7-8,11-12H2,1-2H3. The Kier molecular flexibility index (Phi) is 5.74. The van der Waals surface area contributed by atoms with Crippen LogP contribution in [0.5, 0.6) is 0 Å². The van der Waals surface area contributed by atoms with Crippen LogP contribution < -0.4 is 5.63 Å². The van der Waals surface area contributed by atoms with Gasteiger partial charge in [-0.15, -0.1) is 0 Å². The molecule has 0 bridgehead atoms. The maximum Gasteiger partial charge on any atom is 0.342 e. The second kappa shape index (κ2) is 8.20. The molecule has 6 nitrogen and oxygen atoms in total. The molecule has 2 heterocycles. The predicted molar refractivity (Wildman–Crippen MR) is 99.5 cm³/mol. The highest BCUT2D eigenvalue weighted by Crippen LogP contribution is 2.25. The molecule has 142 valence electrons. The predicted octanol–water partition coefficient (Wildman–Crippen LogP) is 3.17. The van der Waals surface area contributed by atoms with Crippen LogP contribution in [0, 0.1) is 13.8 Å². The number of aryl methyl sites for hydroxylation is 2. The van der Waals surface area contributed by atoms with Crippen molar-refractivity contribution in [2.45, 2.75) is 39.2 Å². The van der Waals surface area contributed by atoms with Gasteiger partial charge < -0.3 is 14.1 Å². The van der Waals surface area contributed by atoms with E-state index in [2.05, 4.69) is 0 Å². The number of amides is 1. The molecule has 1 amide bonds. The zero-order valence-electron chi connectivity index (χ0n) is 15.6. The quantitative estimate of drug-likeness (QED) is 0.774. The van der Waals surface area contributed by atoms with Gasteiger partial charge >= 0.3 is 11.6 Å². The van der Waals surface area contributed by atoms with Crippen molar-refractivity contribution in [2.75, 3.05) is 13.1 Å². The minimum Gasteiger partial charge on any atom is -0.444 e. The van der Waals surface area contributed by atoms with E-state index in [-0.39, 0.29) is 17.2 Å². The summed E-state index contributed by atoms with van der Waals surface area (Å²) >= 11 is 0. The van der Waals surface area contributed by atoms with E-state index in [0.29, 0.717) is 24.2 Å². The van der Waals surface area contributed by atoms with Crippen LogP contribution in [0.2, 0.25) is 0 Å². The molecule has 1 atom stereocenters. The van der Waals surface area contributed by atoms with E-state index in [1.165, 1.54) is 13.0 Å². The lowest BCUT2D eigenvalue weighted by atomic mass is 10.0. The third kappa shape index (κ3) is 4.27. The summed E-state index contributed by atoms with van der Waals surface area (Å²) < 4.78 is 10.7. The van der Waals surface area contributed by atoms with E-state index in [1.807, 2.05) is 6.07 Å². The first-order valence-corrected chi connectivity index (χ1v) is 9.13. The number of hydrogen-bond acceptors (Lipinski definition) is 5. The molecule has 1 aliphatic heterocycles. The highest BCUT2D eigenvalue weighted by Gasteiger charge is 2.31. The average Bonchev–Trinajstić information content (AvgIpc) is 2.66. The van der Waals surface area contributed by atoms with Gasteiger partial charge in [-0.3, -0.25) is 4.79 Å². The number of carbonyl (C=O) groups excluding carboxylic acids is 2. The van der Waals surface area contributed by atoms with Crippen LogP contribution in [0.25, 0.3) is 0 Å². The van der Waals surface area contributed by atoms with Crippen molar-refractivity contribution < 1.29 is 18.7 Å². The fourth-order valence-corrected chi connectivity index (χ4v) is 3.40. The van der Waals surface area contributed by atoms with Crippen LogP contribution in [0.15, 0.2) is 45.6 Å². The number of esters is 1. The second-order valence-electron chi connectivity index (χ2n) is 6.76. The zero-order chi connectivity index (χ0) is 19.4. The van der Waals surface area contributed by atoms with Gasteiger partial charge in [-0.05, 0) is 38.7 Å². The first kappa shape index (κ1) is 18.9. The number of rotatable bonds is 4. The topological polar surface area (TPSA) is 76.8 Å². The number of likely N-dealkylation sites (tertiary alicyclic amines) is 1. The maximum atomic E-state index is 13.1. The van der Waals surface area contributed by atoms with Crippen LogP contribution >= 0.6 is 0 Å². The molecule has 27 heavy (non-hydrogen) atoms. The molecule has 1 aliphatic rings. The van der Waals surface area contributed by atoms with E-state index < -0.39 is 17.7 Å². The molecule has 1 aromatic heterocycles. The van der Waals surface area contributed by atoms with E-state index in [1.54, 1.807) is 36.1 Å². The van der Waals surface area contributed by atoms with E-state index >= 15 is 0 Å². The van der Waals surface area contributed by atoms with Crippen LogP contribution in [-0.4, -0.2) is 29.9 Å². The van der Waals surface area contributed by atoms with Crippen molar-refractivity contribution >= 4 is 11.9 Å². The molecule has 0 spiro atoms. The maximum absolute atomic E-state index is 13.1. The van der Waals surface area contributed by atoms with Gasteiger partial charge in [0.2, 0.25) is 6.10 Å². The van der Waals surface area contributed by atoms with Gasteiger partial charge in [0.15, 0.2) is 0 Å². The molecule has 0 saturated carbocycles. The molecular formula is C21H23NO5. The third-order valence-corrected chi connectivity index (χ3v) is 4.76. The average molecular weight is 369 g/mol. The van der Waals surface area contributed by atoms with E-state index in [4.69, 9.17) is 9.15 Å². The highest BCUT2D eigenvalue weighted by atomic mass is 16.5. The second-order valence-corrected chi connectivity index (χ2v) is 6.76. The molecule has 1 aromatic carbocycles. The molecule has 2 aromatic rings. The molecule has 0 N–H and O–H groups in total. The van der Waals surface area contributed by atoms with Crippen molar-refractivity contribution in [1.29, 1.82) is 0 Å². The van der Waals surface area contributed by atoms with Crippen molar-refractivity contribution in [1.82, 2.24) is 4.90 Å². The lowest BCUT2D eigenvalue weighted by Crippen LogP contribution is -2.40. The molecule has 1 saturated heterocycles. The Morgan fingerprint density at radius 2 is 1.74 bits per heavy atom. The number of nitrogens with zero attached hydrogens (tertiary/aromatic N) is 1. The molecule has 0 radical (unpaired) electrons. The van der Waals surface area contributed by atoms with Crippen LogP contribution in [0.3, 0.4) is 0 Å². The van der Waals surface area contributed by atoms with E-state index in [0.717, 1.165) is 19.3 Å². The Morgan fingerprint density at radius 3 is 2.37 bits per heavy atom. The Bertz CT molecular complexity index is 855. The Morgan fingerprint density at radius 1 is 1.07 bits per heavy atom. The van der Waals surface area contributed by atoms with Gasteiger partial charge in [0.1, 0.15) is 11.3 Å². The fourth-order valence-electron chi connectivity index (χ4n) is 3.40. The minimum atomic E-state index is -1.03. The zero-order valence-corrected chi connectivity index (χ0v) is 15.6. The number of benzene rings is 1. The Balaban J connectivity index is 1.91. The molecule has 1 fully saturated rings. The number of carbonyl (C=O) groups is 2. The minimum absolute atomic E-state index is 0.182. The normalized spacial score (nSPS) is 15.3. The largest absolute Gasteiger partial charge is 0.444 e. The van der Waals surface area contributed by atoms with Crippen LogP contribution in [0.4, 0.5) is 0 Å². The molecular weight excluding hydrogens is 346 g/mol. The van der Waals surface area contributed by atoms with Gasteiger partial charge in [0.05, 0.1) is 0 Å². The van der Waals surface area contributed by atoms with Crippen molar-refractivity contribution in [2.24, 2.45) is 0 Å². The van der Waals surface area contributed by atoms with Gasteiger partial charge in [-0.2, -0.15) is 0 Å². The molecule has 1 unspecified atom stereocenters. The number of ether oxygens (including phenoxy) is 1. The van der Waals surface area contributed by atoms with Gasteiger partial charge in [0, 0.05) is 24.7 Å². The van der Waals surface area contributed by atoms with Crippen LogP contribution in [-0.2, 0) is 9.53 Å². The molecule has 0 aliphatic carbocycles. The lowest BCUT2D eigenvalue weighted by molar-refractivity contribution is -0.142. The van der Waals surface area contributed by atoms with Gasteiger partial charge in [-0.1, -0.05) is 30.3 Å². The third-order valence-electron chi connectivity index (χ3n) is 4.76. The first-order chi connectivity index (χ1) is 13.0. The van der Waals surface area contributed by atoms with Gasteiger partial charge in [-0.25, -0.2) is 9.59 Å². The van der Waals surface area contributed by atoms with Crippen molar-refractivity contribution in [3.05, 3.63) is 69.3 Å². The molecule has 3 rings (SSSR count). The Hall–Kier alpha value is -2.89. The van der Waals surface area contributed by atoms with Crippen LogP contribution in [0.1, 0.15) is 52.6 Å². The Labute approximate surface area is 157 Å². The summed E-state index contributed by atoms with van der Waals surface area (Å²) in [6, 6.07) is 10.2. The summed E-state index contributed by atoms with van der Waals surface area (Å²) in [7, 11) is 0. The smallest absolute Gasteiger partial charge is 0.342 e. The first-order valence-electron chi connectivity index (χ1n) is 9.13. The fraction of sp³-hybridized carbons (Fsp3) is 0.381. The highest BCUT2D eigenvalue weighted by molar-refractivity contribution is 5.94. The summed E-state index contributed by atoms with van der Waals surface area (Å²) in [6.45, 7) is 4.51. The number of piperidine rings is 1. The summed E-state index contributed by atoms with van der Waals surface area (Å²) in [4.78, 5) is 39.1. The number of hydrogen-bond donors (Lipinski definition) is 0. The van der Waals surface area contributed by atoms with Crippen molar-refractivity contribution in [3.8, 4) is 0 Å². The monoisotopic (exact) mass is 369 g/mol. The summed E-state index contributed by atoms with van der Waals surface area (Å²) in [5, 5.41) is 0.